The number of rotatable bonds is 3. The van der Waals surface area contributed by atoms with Gasteiger partial charge in [0.15, 0.2) is 0 Å². The van der Waals surface area contributed by atoms with Crippen molar-refractivity contribution in [2.45, 2.75) is 31.6 Å². The van der Waals surface area contributed by atoms with Gasteiger partial charge in [0.25, 0.3) is 0 Å². The van der Waals surface area contributed by atoms with Gasteiger partial charge in [0.2, 0.25) is 0 Å². The number of aromatic nitrogens is 1. The summed E-state index contributed by atoms with van der Waals surface area (Å²) in [6, 6.07) is 3.83. The molecule has 0 N–H and O–H groups in total. The molecule has 3 nitrogen and oxygen atoms in total. The Morgan fingerprint density at radius 1 is 1.47 bits per heavy atom. The molecule has 0 atom stereocenters. The summed E-state index contributed by atoms with van der Waals surface area (Å²) in [5, 5.41) is 0. The molecule has 0 aliphatic heterocycles. The average Bonchev–Trinajstić information content (AvgIpc) is 2.18. The summed E-state index contributed by atoms with van der Waals surface area (Å²) in [6.45, 7) is 2.29. The quantitative estimate of drug-likeness (QED) is 0.709. The molecular weight excluding hydrogens is 190 g/mol. The van der Waals surface area contributed by atoms with E-state index in [9.17, 15) is 4.79 Å². The van der Waals surface area contributed by atoms with Gasteiger partial charge in [-0.2, -0.15) is 0 Å². The molecule has 2 rings (SSSR count). The summed E-state index contributed by atoms with van der Waals surface area (Å²) in [5.74, 6) is -0.0811. The van der Waals surface area contributed by atoms with Crippen LogP contribution in [-0.4, -0.2) is 17.6 Å². The van der Waals surface area contributed by atoms with E-state index in [1.54, 1.807) is 12.4 Å². The molecule has 0 radical (unpaired) electrons. The van der Waals surface area contributed by atoms with Crippen LogP contribution in [0.1, 0.15) is 31.7 Å². The van der Waals surface area contributed by atoms with E-state index < -0.39 is 0 Å². The lowest BCUT2D eigenvalue weighted by Gasteiger charge is -2.39. The van der Waals surface area contributed by atoms with E-state index in [1.165, 1.54) is 0 Å². The molecule has 1 heterocycles. The molecule has 0 aromatic carbocycles. The molecule has 1 aromatic heterocycles. The molecule has 80 valence electrons. The SMILES string of the molecule is CCOC(=O)C1(c2ccncc2)CCC1. The van der Waals surface area contributed by atoms with Crippen molar-refractivity contribution >= 4 is 5.97 Å². The van der Waals surface area contributed by atoms with Gasteiger partial charge in [-0.15, -0.1) is 0 Å². The van der Waals surface area contributed by atoms with Gasteiger partial charge in [-0.3, -0.25) is 9.78 Å². The minimum Gasteiger partial charge on any atom is -0.465 e. The first-order chi connectivity index (χ1) is 7.29. The normalized spacial score (nSPS) is 17.9. The van der Waals surface area contributed by atoms with Crippen molar-refractivity contribution < 1.29 is 9.53 Å². The number of carbonyl (C=O) groups is 1. The summed E-state index contributed by atoms with van der Waals surface area (Å²) in [7, 11) is 0. The highest BCUT2D eigenvalue weighted by Gasteiger charge is 2.46. The Morgan fingerprint density at radius 3 is 2.60 bits per heavy atom. The second kappa shape index (κ2) is 4.01. The van der Waals surface area contributed by atoms with E-state index >= 15 is 0 Å². The Bertz CT molecular complexity index is 344. The second-order valence-corrected chi connectivity index (χ2v) is 3.89. The van der Waals surface area contributed by atoms with Crippen LogP contribution in [-0.2, 0) is 14.9 Å². The van der Waals surface area contributed by atoms with Gasteiger partial charge in [-0.05, 0) is 37.5 Å². The van der Waals surface area contributed by atoms with Gasteiger partial charge in [0.05, 0.1) is 12.0 Å². The average molecular weight is 205 g/mol. The molecule has 1 aliphatic carbocycles. The number of pyridine rings is 1. The third kappa shape index (κ3) is 1.62. The van der Waals surface area contributed by atoms with E-state index in [2.05, 4.69) is 4.98 Å². The third-order valence-electron chi connectivity index (χ3n) is 3.11. The number of ether oxygens (including phenoxy) is 1. The van der Waals surface area contributed by atoms with Crippen LogP contribution in [0.5, 0.6) is 0 Å². The van der Waals surface area contributed by atoms with Crippen LogP contribution >= 0.6 is 0 Å². The van der Waals surface area contributed by atoms with Gasteiger partial charge in [-0.1, -0.05) is 6.42 Å². The van der Waals surface area contributed by atoms with Crippen LogP contribution in [0.3, 0.4) is 0 Å². The monoisotopic (exact) mass is 205 g/mol. The van der Waals surface area contributed by atoms with E-state index in [1.807, 2.05) is 19.1 Å². The Hall–Kier alpha value is -1.38. The maximum Gasteiger partial charge on any atom is 0.316 e. The number of nitrogens with zero attached hydrogens (tertiary/aromatic N) is 1. The van der Waals surface area contributed by atoms with E-state index in [4.69, 9.17) is 4.74 Å². The van der Waals surface area contributed by atoms with Crippen LogP contribution in [0.25, 0.3) is 0 Å². The summed E-state index contributed by atoms with van der Waals surface area (Å²) in [4.78, 5) is 15.9. The maximum atomic E-state index is 11.9. The van der Waals surface area contributed by atoms with Gasteiger partial charge in [0.1, 0.15) is 0 Å². The lowest BCUT2D eigenvalue weighted by molar-refractivity contribution is -0.153. The van der Waals surface area contributed by atoms with Crippen molar-refractivity contribution in [1.82, 2.24) is 4.98 Å². The van der Waals surface area contributed by atoms with Crippen molar-refractivity contribution in [2.75, 3.05) is 6.61 Å². The predicted molar refractivity (Wildman–Crippen MR) is 56.4 cm³/mol. The molecule has 0 spiro atoms. The lowest BCUT2D eigenvalue weighted by atomic mass is 9.64. The number of carbonyl (C=O) groups excluding carboxylic acids is 1. The van der Waals surface area contributed by atoms with Crippen molar-refractivity contribution in [3.63, 3.8) is 0 Å². The summed E-state index contributed by atoms with van der Waals surface area (Å²) in [6.07, 6.45) is 6.36. The smallest absolute Gasteiger partial charge is 0.316 e. The summed E-state index contributed by atoms with van der Waals surface area (Å²) in [5.41, 5.74) is 0.668. The van der Waals surface area contributed by atoms with Crippen LogP contribution in [0.2, 0.25) is 0 Å². The number of hydrogen-bond acceptors (Lipinski definition) is 3. The molecule has 3 heteroatoms. The van der Waals surface area contributed by atoms with Gasteiger partial charge in [-0.25, -0.2) is 0 Å². The molecule has 15 heavy (non-hydrogen) atoms. The highest BCUT2D eigenvalue weighted by Crippen LogP contribution is 2.44. The fourth-order valence-electron chi connectivity index (χ4n) is 2.08. The first-order valence-electron chi connectivity index (χ1n) is 5.37. The molecule has 0 saturated heterocycles. The number of esters is 1. The molecule has 0 amide bonds. The fraction of sp³-hybridized carbons (Fsp3) is 0.500. The van der Waals surface area contributed by atoms with Gasteiger partial charge >= 0.3 is 5.97 Å². The zero-order valence-electron chi connectivity index (χ0n) is 8.90. The second-order valence-electron chi connectivity index (χ2n) is 3.89. The molecule has 1 fully saturated rings. The Labute approximate surface area is 89.5 Å². The largest absolute Gasteiger partial charge is 0.465 e. The van der Waals surface area contributed by atoms with Crippen molar-refractivity contribution in [2.24, 2.45) is 0 Å². The Morgan fingerprint density at radius 2 is 2.13 bits per heavy atom. The first kappa shape index (κ1) is 10.1. The molecule has 1 saturated carbocycles. The lowest BCUT2D eigenvalue weighted by Crippen LogP contribution is -2.43. The molecule has 0 unspecified atom stereocenters. The van der Waals surface area contributed by atoms with Crippen LogP contribution < -0.4 is 0 Å². The minimum absolute atomic E-state index is 0.0811. The standard InChI is InChI=1S/C12H15NO2/c1-2-15-11(14)12(6-3-7-12)10-4-8-13-9-5-10/h4-5,8-9H,2-3,6-7H2,1H3. The summed E-state index contributed by atoms with van der Waals surface area (Å²) < 4.78 is 5.14. The third-order valence-corrected chi connectivity index (χ3v) is 3.11. The number of hydrogen-bond donors (Lipinski definition) is 0. The van der Waals surface area contributed by atoms with Crippen molar-refractivity contribution in [3.05, 3.63) is 30.1 Å². The van der Waals surface area contributed by atoms with Crippen LogP contribution in [0.15, 0.2) is 24.5 Å². The highest BCUT2D eigenvalue weighted by molar-refractivity contribution is 5.84. The van der Waals surface area contributed by atoms with Crippen LogP contribution in [0.4, 0.5) is 0 Å². The fourth-order valence-corrected chi connectivity index (χ4v) is 2.08. The van der Waals surface area contributed by atoms with Crippen LogP contribution in [0, 0.1) is 0 Å². The Balaban J connectivity index is 2.26. The maximum absolute atomic E-state index is 11.9. The molecule has 1 aliphatic rings. The Kier molecular flexibility index (Phi) is 2.71. The van der Waals surface area contributed by atoms with Crippen molar-refractivity contribution in [1.29, 1.82) is 0 Å². The first-order valence-corrected chi connectivity index (χ1v) is 5.37. The highest BCUT2D eigenvalue weighted by atomic mass is 16.5. The molecule has 1 aromatic rings. The van der Waals surface area contributed by atoms with Gasteiger partial charge < -0.3 is 4.74 Å². The zero-order chi connectivity index (χ0) is 10.7. The zero-order valence-corrected chi connectivity index (χ0v) is 8.90. The molecular formula is C12H15NO2. The predicted octanol–water partition coefficient (Wildman–Crippen LogP) is 2.07. The van der Waals surface area contributed by atoms with E-state index in [0.717, 1.165) is 24.8 Å². The van der Waals surface area contributed by atoms with E-state index in [-0.39, 0.29) is 11.4 Å². The van der Waals surface area contributed by atoms with Gasteiger partial charge in [0, 0.05) is 12.4 Å². The van der Waals surface area contributed by atoms with E-state index in [0.29, 0.717) is 6.61 Å². The molecule has 0 bridgehead atoms. The van der Waals surface area contributed by atoms with Crippen molar-refractivity contribution in [3.8, 4) is 0 Å². The summed E-state index contributed by atoms with van der Waals surface area (Å²) >= 11 is 0. The minimum atomic E-state index is -0.376. The topological polar surface area (TPSA) is 39.2 Å².